The van der Waals surface area contributed by atoms with Gasteiger partial charge in [-0.25, -0.2) is 23.1 Å². The molecule has 3 aromatic rings. The predicted molar refractivity (Wildman–Crippen MR) is 99.8 cm³/mol. The number of benzene rings is 1. The number of nitrogens with zero attached hydrogens (tertiary/aromatic N) is 4. The van der Waals surface area contributed by atoms with Crippen molar-refractivity contribution in [3.05, 3.63) is 60.8 Å². The van der Waals surface area contributed by atoms with Crippen LogP contribution in [-0.2, 0) is 14.6 Å². The lowest BCUT2D eigenvalue weighted by molar-refractivity contribution is -0.115. The van der Waals surface area contributed by atoms with E-state index in [1.54, 1.807) is 24.3 Å². The van der Waals surface area contributed by atoms with Crippen molar-refractivity contribution in [3.8, 4) is 5.69 Å². The number of amides is 2. The van der Waals surface area contributed by atoms with Gasteiger partial charge in [-0.2, -0.15) is 18.3 Å². The minimum atomic E-state index is -5.85. The van der Waals surface area contributed by atoms with Gasteiger partial charge in [0.15, 0.2) is 5.03 Å². The zero-order valence-corrected chi connectivity index (χ0v) is 16.2. The monoisotopic (exact) mass is 454 g/mol. The number of pyridine rings is 1. The second-order valence-corrected chi connectivity index (χ2v) is 7.78. The van der Waals surface area contributed by atoms with Crippen LogP contribution in [0.2, 0.25) is 0 Å². The van der Waals surface area contributed by atoms with E-state index in [1.807, 2.05) is 0 Å². The van der Waals surface area contributed by atoms with E-state index in [4.69, 9.17) is 0 Å². The molecule has 0 aliphatic carbocycles. The average molecular weight is 454 g/mol. The number of nitrogens with one attached hydrogen (secondary N) is 2. The molecule has 0 aliphatic heterocycles. The van der Waals surface area contributed by atoms with Crippen LogP contribution in [0, 0.1) is 0 Å². The summed E-state index contributed by atoms with van der Waals surface area (Å²) in [6.45, 7) is -0.621. The van der Waals surface area contributed by atoms with Crippen LogP contribution < -0.4 is 10.6 Å². The number of alkyl halides is 3. The molecule has 0 saturated carbocycles. The Kier molecular flexibility index (Phi) is 6.01. The van der Waals surface area contributed by atoms with Crippen molar-refractivity contribution >= 4 is 27.3 Å². The largest absolute Gasteiger partial charge is 0.503 e. The van der Waals surface area contributed by atoms with E-state index in [1.165, 1.54) is 17.3 Å². The van der Waals surface area contributed by atoms with E-state index in [0.717, 1.165) is 18.3 Å². The lowest BCUT2D eigenvalue weighted by Crippen LogP contribution is -2.35. The highest BCUT2D eigenvalue weighted by Crippen LogP contribution is 2.30. The third-order valence-electron chi connectivity index (χ3n) is 3.82. The molecular weight excluding hydrogens is 441 g/mol. The summed E-state index contributed by atoms with van der Waals surface area (Å²) in [4.78, 5) is 31.2. The summed E-state index contributed by atoms with van der Waals surface area (Å²) in [5.41, 5.74) is -5.40. The Balaban J connectivity index is 1.64. The molecule has 10 nitrogen and oxygen atoms in total. The molecule has 0 aliphatic rings. The molecule has 2 N–H and O–H groups in total. The fourth-order valence-electron chi connectivity index (χ4n) is 2.39. The van der Waals surface area contributed by atoms with Crippen LogP contribution in [0.1, 0.15) is 10.4 Å². The van der Waals surface area contributed by atoms with Crippen LogP contribution in [0.4, 0.5) is 18.9 Å². The lowest BCUT2D eigenvalue weighted by Gasteiger charge is -2.12. The second-order valence-electron chi connectivity index (χ2n) is 5.92. The van der Waals surface area contributed by atoms with Crippen LogP contribution in [0.25, 0.3) is 5.69 Å². The Morgan fingerprint density at radius 3 is 2.42 bits per heavy atom. The Morgan fingerprint density at radius 1 is 1.10 bits per heavy atom. The first kappa shape index (κ1) is 21.9. The molecule has 0 saturated heterocycles. The summed E-state index contributed by atoms with van der Waals surface area (Å²) in [5.74, 6) is -1.89. The molecular formula is C17H13F3N6O4S. The van der Waals surface area contributed by atoms with E-state index >= 15 is 0 Å². The molecule has 14 heteroatoms. The van der Waals surface area contributed by atoms with E-state index < -0.39 is 44.3 Å². The molecule has 1 aromatic carbocycles. The summed E-state index contributed by atoms with van der Waals surface area (Å²) < 4.78 is 63.1. The van der Waals surface area contributed by atoms with E-state index in [0.29, 0.717) is 11.4 Å². The van der Waals surface area contributed by atoms with E-state index in [-0.39, 0.29) is 0 Å². The maximum atomic E-state index is 12.8. The maximum absolute atomic E-state index is 12.8. The fourth-order valence-corrected chi connectivity index (χ4v) is 3.26. The smallest absolute Gasteiger partial charge is 0.343 e. The van der Waals surface area contributed by atoms with Gasteiger partial charge in [0.25, 0.3) is 15.7 Å². The minimum absolute atomic E-state index is 0.379. The highest BCUT2D eigenvalue weighted by Gasteiger charge is 2.49. The summed E-state index contributed by atoms with van der Waals surface area (Å²) in [6, 6.07) is 8.38. The van der Waals surface area contributed by atoms with Gasteiger partial charge in [-0.15, -0.1) is 0 Å². The van der Waals surface area contributed by atoms with Crippen molar-refractivity contribution in [2.24, 2.45) is 0 Å². The van der Waals surface area contributed by atoms with E-state index in [9.17, 15) is 31.2 Å². The molecule has 0 unspecified atom stereocenters. The van der Waals surface area contributed by atoms with Crippen molar-refractivity contribution < 1.29 is 31.2 Å². The molecule has 2 heterocycles. The van der Waals surface area contributed by atoms with Crippen molar-refractivity contribution in [1.82, 2.24) is 25.1 Å². The number of carbonyl (C=O) groups is 2. The third-order valence-corrected chi connectivity index (χ3v) is 5.26. The lowest BCUT2D eigenvalue weighted by atomic mass is 10.2. The number of anilines is 1. The number of rotatable bonds is 6. The summed E-state index contributed by atoms with van der Waals surface area (Å²) >= 11 is 0. The maximum Gasteiger partial charge on any atom is 0.503 e. The Bertz CT molecular complexity index is 1200. The van der Waals surface area contributed by atoms with Gasteiger partial charge in [0.05, 0.1) is 17.8 Å². The average Bonchev–Trinajstić information content (AvgIpc) is 3.26. The van der Waals surface area contributed by atoms with Crippen LogP contribution in [0.3, 0.4) is 0 Å². The molecule has 0 spiro atoms. The normalized spacial score (nSPS) is 11.7. The number of hydrogen-bond donors (Lipinski definition) is 2. The molecule has 31 heavy (non-hydrogen) atoms. The summed E-state index contributed by atoms with van der Waals surface area (Å²) in [6.07, 6.45) is 3.64. The van der Waals surface area contributed by atoms with Gasteiger partial charge in [0.2, 0.25) is 5.91 Å². The quantitative estimate of drug-likeness (QED) is 0.573. The van der Waals surface area contributed by atoms with Crippen LogP contribution in [0.15, 0.2) is 60.3 Å². The van der Waals surface area contributed by atoms with Gasteiger partial charge >= 0.3 is 5.51 Å². The van der Waals surface area contributed by atoms with Crippen molar-refractivity contribution in [3.63, 3.8) is 0 Å². The molecule has 0 fully saturated rings. The number of carbonyl (C=O) groups excluding carboxylic acids is 2. The molecule has 0 bridgehead atoms. The van der Waals surface area contributed by atoms with Gasteiger partial charge in [-0.05, 0) is 36.4 Å². The van der Waals surface area contributed by atoms with Crippen molar-refractivity contribution in [2.45, 2.75) is 10.5 Å². The van der Waals surface area contributed by atoms with Gasteiger partial charge in [-0.3, -0.25) is 9.59 Å². The molecule has 2 amide bonds. The highest BCUT2D eigenvalue weighted by atomic mass is 32.2. The Morgan fingerprint density at radius 2 is 1.81 bits per heavy atom. The molecule has 0 atom stereocenters. The van der Waals surface area contributed by atoms with Crippen molar-refractivity contribution in [1.29, 1.82) is 0 Å². The zero-order chi connectivity index (χ0) is 22.6. The SMILES string of the molecule is O=C(CNC(=O)c1cccnc1S(=O)(=O)C(F)(F)F)Nc1ccc(-n2cncn2)cc1. The fraction of sp³-hybridized carbons (Fsp3) is 0.118. The molecule has 3 rings (SSSR count). The van der Waals surface area contributed by atoms with Crippen LogP contribution >= 0.6 is 0 Å². The Hall–Kier alpha value is -3.81. The van der Waals surface area contributed by atoms with E-state index in [2.05, 4.69) is 25.7 Å². The number of aromatic nitrogens is 4. The molecule has 162 valence electrons. The first-order chi connectivity index (χ1) is 14.6. The number of halogens is 3. The summed E-state index contributed by atoms with van der Waals surface area (Å²) in [7, 11) is -5.85. The third kappa shape index (κ3) is 4.85. The highest BCUT2D eigenvalue weighted by molar-refractivity contribution is 7.92. The molecule has 0 radical (unpaired) electrons. The number of hydrogen-bond acceptors (Lipinski definition) is 7. The van der Waals surface area contributed by atoms with Gasteiger partial charge < -0.3 is 10.6 Å². The van der Waals surface area contributed by atoms with Gasteiger partial charge in [-0.1, -0.05) is 0 Å². The van der Waals surface area contributed by atoms with Gasteiger partial charge in [0, 0.05) is 11.9 Å². The molecule has 2 aromatic heterocycles. The topological polar surface area (TPSA) is 136 Å². The number of sulfone groups is 1. The first-order valence-corrected chi connectivity index (χ1v) is 9.87. The van der Waals surface area contributed by atoms with Crippen LogP contribution in [0.5, 0.6) is 0 Å². The Labute approximate surface area is 173 Å². The van der Waals surface area contributed by atoms with Crippen molar-refractivity contribution in [2.75, 3.05) is 11.9 Å². The minimum Gasteiger partial charge on any atom is -0.343 e. The first-order valence-electron chi connectivity index (χ1n) is 8.39. The predicted octanol–water partition coefficient (Wildman–Crippen LogP) is 1.32. The second kappa shape index (κ2) is 8.51. The summed E-state index contributed by atoms with van der Waals surface area (Å²) in [5, 5.41) is 7.06. The zero-order valence-electron chi connectivity index (χ0n) is 15.4. The standard InChI is InChI=1S/C17H13F3N6O4S/c18-17(19,20)31(29,30)16-13(2-1-7-22-16)15(28)23-8-14(27)25-11-3-5-12(6-4-11)26-10-21-9-24-26/h1-7,9-10H,8H2,(H,23,28)(H,25,27). The van der Waals surface area contributed by atoms with Crippen LogP contribution in [-0.4, -0.2) is 52.0 Å². The van der Waals surface area contributed by atoms with Gasteiger partial charge in [0.1, 0.15) is 12.7 Å².